The number of likely N-dealkylation sites (tertiary alicyclic amines) is 1. The van der Waals surface area contributed by atoms with Gasteiger partial charge in [-0.3, -0.25) is 14.5 Å². The number of rotatable bonds is 1. The molecule has 0 saturated carbocycles. The van der Waals surface area contributed by atoms with Crippen molar-refractivity contribution in [2.45, 2.75) is 12.8 Å². The molecule has 0 unspecified atom stereocenters. The zero-order valence-electron chi connectivity index (χ0n) is 8.37. The van der Waals surface area contributed by atoms with Gasteiger partial charge in [0.05, 0.1) is 10.0 Å². The van der Waals surface area contributed by atoms with Crippen LogP contribution in [0.15, 0.2) is 18.2 Å². The maximum atomic E-state index is 11.9. The Morgan fingerprint density at radius 1 is 1.25 bits per heavy atom. The maximum absolute atomic E-state index is 11.9. The van der Waals surface area contributed by atoms with Crippen molar-refractivity contribution >= 4 is 35.0 Å². The minimum Gasteiger partial charge on any atom is -0.279 e. The van der Waals surface area contributed by atoms with E-state index in [4.69, 9.17) is 23.2 Å². The molecule has 0 radical (unpaired) electrons. The van der Waals surface area contributed by atoms with Crippen LogP contribution >= 0.6 is 23.2 Å². The molecule has 0 spiro atoms. The number of halogens is 2. The Morgan fingerprint density at radius 2 is 2.00 bits per heavy atom. The van der Waals surface area contributed by atoms with E-state index >= 15 is 0 Å². The van der Waals surface area contributed by atoms with Gasteiger partial charge in [-0.25, -0.2) is 0 Å². The van der Waals surface area contributed by atoms with Crippen LogP contribution in [-0.4, -0.2) is 23.3 Å². The van der Waals surface area contributed by atoms with E-state index in [1.165, 1.54) is 11.0 Å². The molecule has 2 amide bonds. The highest BCUT2D eigenvalue weighted by Crippen LogP contribution is 2.24. The largest absolute Gasteiger partial charge is 0.279 e. The molecule has 1 heterocycles. The minimum absolute atomic E-state index is 0.129. The summed E-state index contributed by atoms with van der Waals surface area (Å²) in [7, 11) is 0. The van der Waals surface area contributed by atoms with E-state index in [0.717, 1.165) is 6.42 Å². The number of amides is 2. The van der Waals surface area contributed by atoms with E-state index in [-0.39, 0.29) is 11.8 Å². The molecular formula is C11H9Cl2NO2. The summed E-state index contributed by atoms with van der Waals surface area (Å²) in [5, 5.41) is 0.713. The molecule has 0 atom stereocenters. The van der Waals surface area contributed by atoms with Crippen LogP contribution < -0.4 is 0 Å². The number of carbonyl (C=O) groups is 2. The van der Waals surface area contributed by atoms with Gasteiger partial charge in [0.2, 0.25) is 5.91 Å². The Labute approximate surface area is 103 Å². The van der Waals surface area contributed by atoms with Gasteiger partial charge in [0.1, 0.15) is 0 Å². The van der Waals surface area contributed by atoms with Crippen molar-refractivity contribution in [3.63, 3.8) is 0 Å². The van der Waals surface area contributed by atoms with Crippen molar-refractivity contribution in [2.75, 3.05) is 6.54 Å². The SMILES string of the molecule is O=C1CCCN1C(=O)c1ccc(Cl)c(Cl)c1. The first-order chi connectivity index (χ1) is 7.59. The van der Waals surface area contributed by atoms with Gasteiger partial charge in [-0.05, 0) is 24.6 Å². The highest BCUT2D eigenvalue weighted by atomic mass is 35.5. The summed E-state index contributed by atoms with van der Waals surface area (Å²) in [6.07, 6.45) is 1.17. The number of benzene rings is 1. The summed E-state index contributed by atoms with van der Waals surface area (Å²) >= 11 is 11.6. The summed E-state index contributed by atoms with van der Waals surface area (Å²) in [5.74, 6) is -0.433. The van der Waals surface area contributed by atoms with Crippen LogP contribution in [0.5, 0.6) is 0 Å². The van der Waals surface area contributed by atoms with Crippen LogP contribution in [0, 0.1) is 0 Å². The minimum atomic E-state index is -0.305. The fraction of sp³-hybridized carbons (Fsp3) is 0.273. The summed E-state index contributed by atoms with van der Waals surface area (Å²) in [6.45, 7) is 0.484. The third-order valence-corrected chi connectivity index (χ3v) is 3.22. The molecule has 1 aliphatic rings. The normalized spacial score (nSPS) is 15.6. The van der Waals surface area contributed by atoms with Crippen LogP contribution in [0.1, 0.15) is 23.2 Å². The Morgan fingerprint density at radius 3 is 2.56 bits per heavy atom. The number of imide groups is 1. The van der Waals surface area contributed by atoms with E-state index < -0.39 is 0 Å². The van der Waals surface area contributed by atoms with Gasteiger partial charge in [-0.2, -0.15) is 0 Å². The van der Waals surface area contributed by atoms with Crippen LogP contribution in [0.4, 0.5) is 0 Å². The molecule has 1 saturated heterocycles. The van der Waals surface area contributed by atoms with E-state index in [9.17, 15) is 9.59 Å². The lowest BCUT2D eigenvalue weighted by atomic mass is 10.2. The Bertz CT molecular complexity index is 459. The molecule has 0 aromatic heterocycles. The lowest BCUT2D eigenvalue weighted by Gasteiger charge is -2.13. The van der Waals surface area contributed by atoms with Crippen molar-refractivity contribution in [1.29, 1.82) is 0 Å². The Balaban J connectivity index is 2.27. The third kappa shape index (κ3) is 2.06. The van der Waals surface area contributed by atoms with Crippen molar-refractivity contribution in [1.82, 2.24) is 4.90 Å². The first-order valence-electron chi connectivity index (χ1n) is 4.89. The zero-order valence-corrected chi connectivity index (χ0v) is 9.88. The molecule has 0 N–H and O–H groups in total. The Kier molecular flexibility index (Phi) is 3.17. The number of carbonyl (C=O) groups excluding carboxylic acids is 2. The average molecular weight is 258 g/mol. The summed E-state index contributed by atoms with van der Waals surface area (Å²) in [4.78, 5) is 24.6. The lowest BCUT2D eigenvalue weighted by molar-refractivity contribution is -0.125. The van der Waals surface area contributed by atoms with Crippen LogP contribution in [0.2, 0.25) is 10.0 Å². The second-order valence-electron chi connectivity index (χ2n) is 3.58. The predicted octanol–water partition coefficient (Wildman–Crippen LogP) is 2.76. The average Bonchev–Trinajstić information content (AvgIpc) is 2.67. The van der Waals surface area contributed by atoms with Gasteiger partial charge in [-0.15, -0.1) is 0 Å². The topological polar surface area (TPSA) is 37.4 Å². The highest BCUT2D eigenvalue weighted by Gasteiger charge is 2.27. The smallest absolute Gasteiger partial charge is 0.260 e. The quantitative estimate of drug-likeness (QED) is 0.726. The first kappa shape index (κ1) is 11.4. The third-order valence-electron chi connectivity index (χ3n) is 2.49. The van der Waals surface area contributed by atoms with Gasteiger partial charge in [-0.1, -0.05) is 23.2 Å². The summed E-state index contributed by atoms with van der Waals surface area (Å²) < 4.78 is 0. The van der Waals surface area contributed by atoms with E-state index in [0.29, 0.717) is 28.6 Å². The van der Waals surface area contributed by atoms with Crippen LogP contribution in [0.25, 0.3) is 0 Å². The van der Waals surface area contributed by atoms with Crippen molar-refractivity contribution < 1.29 is 9.59 Å². The van der Waals surface area contributed by atoms with E-state index in [2.05, 4.69) is 0 Å². The van der Waals surface area contributed by atoms with Crippen molar-refractivity contribution in [2.24, 2.45) is 0 Å². The molecule has 5 heteroatoms. The van der Waals surface area contributed by atoms with Gasteiger partial charge in [0.15, 0.2) is 0 Å². The summed E-state index contributed by atoms with van der Waals surface area (Å²) in [6, 6.07) is 4.61. The van der Waals surface area contributed by atoms with Crippen LogP contribution in [-0.2, 0) is 4.79 Å². The number of hydrogen-bond acceptors (Lipinski definition) is 2. The Hall–Kier alpha value is -1.06. The van der Waals surface area contributed by atoms with Gasteiger partial charge >= 0.3 is 0 Å². The molecule has 1 aliphatic heterocycles. The van der Waals surface area contributed by atoms with Gasteiger partial charge in [0, 0.05) is 18.5 Å². The standard InChI is InChI=1S/C11H9Cl2NO2/c12-8-4-3-7(6-9(8)13)11(16)14-5-1-2-10(14)15/h3-4,6H,1-2,5H2. The monoisotopic (exact) mass is 257 g/mol. The first-order valence-corrected chi connectivity index (χ1v) is 5.65. The molecule has 3 nitrogen and oxygen atoms in total. The molecule has 84 valence electrons. The predicted molar refractivity (Wildman–Crippen MR) is 61.7 cm³/mol. The second kappa shape index (κ2) is 4.44. The van der Waals surface area contributed by atoms with Gasteiger partial charge < -0.3 is 0 Å². The van der Waals surface area contributed by atoms with Crippen LogP contribution in [0.3, 0.4) is 0 Å². The lowest BCUT2D eigenvalue weighted by Crippen LogP contribution is -2.31. The van der Waals surface area contributed by atoms with E-state index in [1.54, 1.807) is 12.1 Å². The molecule has 0 bridgehead atoms. The summed E-state index contributed by atoms with van der Waals surface area (Å²) in [5.41, 5.74) is 0.393. The van der Waals surface area contributed by atoms with Gasteiger partial charge in [0.25, 0.3) is 5.91 Å². The van der Waals surface area contributed by atoms with Crippen molar-refractivity contribution in [3.05, 3.63) is 33.8 Å². The fourth-order valence-electron chi connectivity index (χ4n) is 1.65. The molecule has 1 aromatic carbocycles. The molecule has 1 fully saturated rings. The molecular weight excluding hydrogens is 249 g/mol. The van der Waals surface area contributed by atoms with E-state index in [1.807, 2.05) is 0 Å². The second-order valence-corrected chi connectivity index (χ2v) is 4.40. The number of hydrogen-bond donors (Lipinski definition) is 0. The molecule has 16 heavy (non-hydrogen) atoms. The van der Waals surface area contributed by atoms with Crippen molar-refractivity contribution in [3.8, 4) is 0 Å². The fourth-order valence-corrected chi connectivity index (χ4v) is 1.95. The zero-order chi connectivity index (χ0) is 11.7. The molecule has 2 rings (SSSR count). The highest BCUT2D eigenvalue weighted by molar-refractivity contribution is 6.42. The molecule has 1 aromatic rings. The maximum Gasteiger partial charge on any atom is 0.260 e. The molecule has 0 aliphatic carbocycles. The number of nitrogens with zero attached hydrogens (tertiary/aromatic N) is 1.